The van der Waals surface area contributed by atoms with Gasteiger partial charge in [-0.1, -0.05) is 50.1 Å². The monoisotopic (exact) mass is 344 g/mol. The molecule has 0 atom stereocenters. The molecule has 0 saturated heterocycles. The van der Waals surface area contributed by atoms with Gasteiger partial charge in [0.05, 0.1) is 0 Å². The molecule has 0 spiro atoms. The zero-order chi connectivity index (χ0) is 14.5. The average molecular weight is 344 g/mol. The van der Waals surface area contributed by atoms with Crippen LogP contribution in [0.3, 0.4) is 0 Å². The van der Waals surface area contributed by atoms with E-state index >= 15 is 0 Å². The summed E-state index contributed by atoms with van der Waals surface area (Å²) in [6.45, 7) is 16.6. The third-order valence-electron chi connectivity index (χ3n) is 3.77. The number of rotatable bonds is 4. The van der Waals surface area contributed by atoms with Gasteiger partial charge >= 0.3 is 0 Å². The van der Waals surface area contributed by atoms with E-state index in [9.17, 15) is 0 Å². The predicted molar refractivity (Wildman–Crippen MR) is 85.9 cm³/mol. The fraction of sp³-hybridized carbons (Fsp3) is 0.474. The summed E-state index contributed by atoms with van der Waals surface area (Å²) >= 11 is 0. The molecular formula is C19H27Y-. The number of hydrogen-bond donors (Lipinski definition) is 0. The van der Waals surface area contributed by atoms with Crippen LogP contribution in [0.5, 0.6) is 0 Å². The van der Waals surface area contributed by atoms with Gasteiger partial charge in [0.15, 0.2) is 0 Å². The quantitative estimate of drug-likeness (QED) is 0.437. The molecule has 0 nitrogen and oxygen atoms in total. The van der Waals surface area contributed by atoms with Gasteiger partial charge in [0.2, 0.25) is 0 Å². The summed E-state index contributed by atoms with van der Waals surface area (Å²) < 4.78 is 0. The summed E-state index contributed by atoms with van der Waals surface area (Å²) in [7, 11) is 0. The van der Waals surface area contributed by atoms with Crippen molar-refractivity contribution in [1.82, 2.24) is 0 Å². The van der Waals surface area contributed by atoms with E-state index in [4.69, 9.17) is 6.58 Å². The van der Waals surface area contributed by atoms with Crippen LogP contribution in [0.1, 0.15) is 53.9 Å². The minimum atomic E-state index is 0. The van der Waals surface area contributed by atoms with E-state index in [0.717, 1.165) is 5.57 Å². The van der Waals surface area contributed by atoms with Gasteiger partial charge in [0.1, 0.15) is 0 Å². The third-order valence-corrected chi connectivity index (χ3v) is 3.77. The molecular weight excluding hydrogens is 317 g/mol. The van der Waals surface area contributed by atoms with Gasteiger partial charge in [0.25, 0.3) is 0 Å². The van der Waals surface area contributed by atoms with E-state index in [2.05, 4.69) is 45.9 Å². The van der Waals surface area contributed by atoms with Crippen LogP contribution in [0, 0.1) is 12.0 Å². The SMILES string of the molecule is [CH-]=C(C)/C=C/C=C(C)/C=C/C1=C(C)CCCC1(C)C.[Y]. The van der Waals surface area contributed by atoms with Crippen molar-refractivity contribution < 1.29 is 32.7 Å². The fourth-order valence-electron chi connectivity index (χ4n) is 2.63. The first-order valence-corrected chi connectivity index (χ1v) is 7.15. The second-order valence-corrected chi connectivity index (χ2v) is 6.28. The maximum Gasteiger partial charge on any atom is 0 e. The van der Waals surface area contributed by atoms with Crippen molar-refractivity contribution in [1.29, 1.82) is 0 Å². The summed E-state index contributed by atoms with van der Waals surface area (Å²) in [6, 6.07) is 0. The molecule has 107 valence electrons. The molecule has 0 aliphatic heterocycles. The van der Waals surface area contributed by atoms with Crippen molar-refractivity contribution in [3.63, 3.8) is 0 Å². The average Bonchev–Trinajstić information content (AvgIpc) is 2.26. The molecule has 1 rings (SSSR count). The van der Waals surface area contributed by atoms with Crippen molar-refractivity contribution in [3.8, 4) is 0 Å². The van der Waals surface area contributed by atoms with Crippen molar-refractivity contribution in [2.24, 2.45) is 5.41 Å². The Hall–Kier alpha value is -0.196. The van der Waals surface area contributed by atoms with Crippen LogP contribution in [0.2, 0.25) is 0 Å². The zero-order valence-electron chi connectivity index (χ0n) is 13.7. The van der Waals surface area contributed by atoms with E-state index in [1.54, 1.807) is 5.57 Å². The van der Waals surface area contributed by atoms with E-state index in [1.165, 1.54) is 30.4 Å². The van der Waals surface area contributed by atoms with Crippen LogP contribution < -0.4 is 0 Å². The van der Waals surface area contributed by atoms with Crippen molar-refractivity contribution in [3.05, 3.63) is 59.3 Å². The smallest absolute Gasteiger partial charge is 0 e. The van der Waals surface area contributed by atoms with Gasteiger partial charge in [-0.05, 0) is 44.1 Å². The second kappa shape index (κ2) is 8.95. The molecule has 0 unspecified atom stereocenters. The van der Waals surface area contributed by atoms with Crippen LogP contribution in [0.4, 0.5) is 0 Å². The van der Waals surface area contributed by atoms with E-state index in [0.29, 0.717) is 5.41 Å². The minimum absolute atomic E-state index is 0. The Morgan fingerprint density at radius 2 is 1.85 bits per heavy atom. The molecule has 0 saturated carbocycles. The Bertz CT molecular complexity index is 456. The molecule has 20 heavy (non-hydrogen) atoms. The van der Waals surface area contributed by atoms with Crippen LogP contribution in [-0.4, -0.2) is 0 Å². The summed E-state index contributed by atoms with van der Waals surface area (Å²) in [5.41, 5.74) is 5.45. The summed E-state index contributed by atoms with van der Waals surface area (Å²) in [5, 5.41) is 0. The molecule has 0 fully saturated rings. The summed E-state index contributed by atoms with van der Waals surface area (Å²) in [6.07, 6.45) is 14.4. The van der Waals surface area contributed by atoms with Crippen molar-refractivity contribution in [2.75, 3.05) is 0 Å². The Morgan fingerprint density at radius 3 is 2.40 bits per heavy atom. The first-order valence-electron chi connectivity index (χ1n) is 7.15. The summed E-state index contributed by atoms with van der Waals surface area (Å²) in [5.74, 6) is 0. The maximum atomic E-state index is 5.60. The normalized spacial score (nSPS) is 19.6. The largest absolute Gasteiger partial charge is 0.290 e. The van der Waals surface area contributed by atoms with E-state index in [1.807, 2.05) is 19.1 Å². The van der Waals surface area contributed by atoms with Gasteiger partial charge in [-0.3, -0.25) is 6.58 Å². The van der Waals surface area contributed by atoms with Gasteiger partial charge in [0, 0.05) is 32.7 Å². The topological polar surface area (TPSA) is 0 Å². The van der Waals surface area contributed by atoms with Gasteiger partial charge < -0.3 is 0 Å². The molecule has 0 amide bonds. The third kappa shape index (κ3) is 6.50. The van der Waals surface area contributed by atoms with E-state index < -0.39 is 0 Å². The molecule has 1 aliphatic rings. The molecule has 1 radical (unpaired) electrons. The molecule has 0 heterocycles. The van der Waals surface area contributed by atoms with Crippen LogP contribution in [0.25, 0.3) is 0 Å². The summed E-state index contributed by atoms with van der Waals surface area (Å²) in [4.78, 5) is 0. The molecule has 0 aromatic carbocycles. The van der Waals surface area contributed by atoms with Gasteiger partial charge in [-0.2, -0.15) is 0 Å². The second-order valence-electron chi connectivity index (χ2n) is 6.28. The van der Waals surface area contributed by atoms with E-state index in [-0.39, 0.29) is 32.7 Å². The van der Waals surface area contributed by atoms with Gasteiger partial charge in [-0.15, -0.1) is 6.08 Å². The van der Waals surface area contributed by atoms with Crippen molar-refractivity contribution in [2.45, 2.75) is 53.9 Å². The molecule has 0 N–H and O–H groups in total. The fourth-order valence-corrected chi connectivity index (χ4v) is 2.63. The minimum Gasteiger partial charge on any atom is -0.290 e. The Morgan fingerprint density at radius 1 is 1.20 bits per heavy atom. The van der Waals surface area contributed by atoms with Crippen LogP contribution in [-0.2, 0) is 32.7 Å². The molecule has 1 heteroatoms. The number of hydrogen-bond acceptors (Lipinski definition) is 0. The zero-order valence-corrected chi connectivity index (χ0v) is 16.5. The maximum absolute atomic E-state index is 5.60. The number of allylic oxidation sites excluding steroid dienone is 9. The van der Waals surface area contributed by atoms with Crippen LogP contribution in [0.15, 0.2) is 52.7 Å². The van der Waals surface area contributed by atoms with Crippen LogP contribution >= 0.6 is 0 Å². The standard InChI is InChI=1S/C19H27.Y/c1-15(2)9-7-10-16(3)12-13-18-17(4)11-8-14-19(18,5)6;/h1,7,9-10,12-13H,8,11,14H2,2-6H3;/q-1;/b9-7+,13-12+,16-10+;. The Kier molecular flexibility index (Phi) is 8.86. The van der Waals surface area contributed by atoms with Crippen molar-refractivity contribution >= 4 is 0 Å². The molecule has 0 aromatic heterocycles. The first-order chi connectivity index (χ1) is 8.83. The molecule has 0 aromatic rings. The van der Waals surface area contributed by atoms with Gasteiger partial charge in [-0.25, -0.2) is 11.6 Å². The Balaban J connectivity index is 0.00000361. The molecule has 0 bridgehead atoms. The predicted octanol–water partition coefficient (Wildman–Crippen LogP) is 5.95. The Labute approximate surface area is 150 Å². The molecule has 1 aliphatic carbocycles. The first kappa shape index (κ1) is 19.8.